The van der Waals surface area contributed by atoms with Gasteiger partial charge in [0, 0.05) is 32.7 Å². The number of benzene rings is 1. The number of aliphatic imine (C=N–C) groups is 1. The maximum atomic E-state index is 12.7. The van der Waals surface area contributed by atoms with Gasteiger partial charge in [-0.15, -0.1) is 24.0 Å². The largest absolute Gasteiger partial charge is 0.416 e. The molecule has 0 bridgehead atoms. The van der Waals surface area contributed by atoms with Crippen LogP contribution in [0.2, 0.25) is 0 Å². The van der Waals surface area contributed by atoms with Gasteiger partial charge in [0.1, 0.15) is 0 Å². The molecule has 0 amide bonds. The summed E-state index contributed by atoms with van der Waals surface area (Å²) >= 11 is 0. The summed E-state index contributed by atoms with van der Waals surface area (Å²) in [5.74, 6) is 0.335. The van der Waals surface area contributed by atoms with Crippen LogP contribution in [0.1, 0.15) is 17.5 Å². The molecule has 1 heterocycles. The fourth-order valence-corrected chi connectivity index (χ4v) is 2.78. The van der Waals surface area contributed by atoms with E-state index in [0.29, 0.717) is 24.5 Å². The van der Waals surface area contributed by atoms with E-state index in [1.54, 1.807) is 6.07 Å². The standard InChI is InChI=1S/C16H20F6N4.HI/c1-23-14(25-13-5-6-26(9-13)10-15(17,18)19)24-8-11-3-2-4-12(7-11)16(20,21)22;/h2-4,7,13H,5-6,8-10H2,1H3,(H2,23,24,25);1H. The number of guanidine groups is 1. The van der Waals surface area contributed by atoms with Crippen molar-refractivity contribution in [3.63, 3.8) is 0 Å². The number of halogens is 7. The number of hydrogen-bond acceptors (Lipinski definition) is 2. The van der Waals surface area contributed by atoms with Crippen LogP contribution >= 0.6 is 24.0 Å². The van der Waals surface area contributed by atoms with E-state index in [9.17, 15) is 26.3 Å². The van der Waals surface area contributed by atoms with E-state index in [-0.39, 0.29) is 43.1 Å². The second kappa shape index (κ2) is 9.80. The number of alkyl halides is 6. The zero-order chi connectivity index (χ0) is 19.4. The lowest BCUT2D eigenvalue weighted by molar-refractivity contribution is -0.143. The van der Waals surface area contributed by atoms with Gasteiger partial charge in [-0.2, -0.15) is 26.3 Å². The molecule has 0 spiro atoms. The van der Waals surface area contributed by atoms with Crippen LogP contribution in [0.25, 0.3) is 0 Å². The van der Waals surface area contributed by atoms with Crippen molar-refractivity contribution < 1.29 is 26.3 Å². The number of rotatable bonds is 4. The highest BCUT2D eigenvalue weighted by molar-refractivity contribution is 14.0. The third-order valence-electron chi connectivity index (χ3n) is 3.95. The third-order valence-corrected chi connectivity index (χ3v) is 3.95. The molecule has 0 radical (unpaired) electrons. The predicted octanol–water partition coefficient (Wildman–Crippen LogP) is 3.63. The minimum absolute atomic E-state index is 0. The average Bonchev–Trinajstić information content (AvgIpc) is 2.95. The summed E-state index contributed by atoms with van der Waals surface area (Å²) in [5, 5.41) is 5.89. The average molecular weight is 510 g/mol. The Hall–Kier alpha value is -1.24. The monoisotopic (exact) mass is 510 g/mol. The molecule has 27 heavy (non-hydrogen) atoms. The van der Waals surface area contributed by atoms with Gasteiger partial charge in [-0.3, -0.25) is 9.89 Å². The van der Waals surface area contributed by atoms with Crippen molar-refractivity contribution in [3.05, 3.63) is 35.4 Å². The quantitative estimate of drug-likeness (QED) is 0.282. The molecule has 1 aromatic rings. The van der Waals surface area contributed by atoms with Gasteiger partial charge >= 0.3 is 12.4 Å². The van der Waals surface area contributed by atoms with Gasteiger partial charge in [0.25, 0.3) is 0 Å². The number of nitrogens with zero attached hydrogens (tertiary/aromatic N) is 2. The van der Waals surface area contributed by atoms with Crippen LogP contribution in [0, 0.1) is 0 Å². The highest BCUT2D eigenvalue weighted by Crippen LogP contribution is 2.29. The van der Waals surface area contributed by atoms with E-state index >= 15 is 0 Å². The van der Waals surface area contributed by atoms with Crippen molar-refractivity contribution in [2.45, 2.75) is 31.4 Å². The first-order chi connectivity index (χ1) is 12.1. The Morgan fingerprint density at radius 3 is 2.52 bits per heavy atom. The molecule has 1 atom stereocenters. The Morgan fingerprint density at radius 2 is 1.93 bits per heavy atom. The molecule has 154 valence electrons. The van der Waals surface area contributed by atoms with Gasteiger partial charge in [-0.05, 0) is 24.1 Å². The molecule has 1 saturated heterocycles. The van der Waals surface area contributed by atoms with Crippen molar-refractivity contribution in [2.24, 2.45) is 4.99 Å². The molecule has 0 aromatic heterocycles. The fourth-order valence-electron chi connectivity index (χ4n) is 2.78. The first-order valence-electron chi connectivity index (χ1n) is 7.99. The van der Waals surface area contributed by atoms with Crippen molar-refractivity contribution >= 4 is 29.9 Å². The normalized spacial score (nSPS) is 18.9. The molecule has 11 heteroatoms. The molecule has 2 rings (SSSR count). The van der Waals surface area contributed by atoms with E-state index in [0.717, 1.165) is 12.1 Å². The summed E-state index contributed by atoms with van der Waals surface area (Å²) in [7, 11) is 1.49. The van der Waals surface area contributed by atoms with E-state index < -0.39 is 24.5 Å². The Morgan fingerprint density at radius 1 is 1.22 bits per heavy atom. The van der Waals surface area contributed by atoms with E-state index in [1.165, 1.54) is 18.0 Å². The molecule has 2 N–H and O–H groups in total. The van der Waals surface area contributed by atoms with E-state index in [2.05, 4.69) is 15.6 Å². The summed E-state index contributed by atoms with van der Waals surface area (Å²) in [6, 6.07) is 4.70. The smallest absolute Gasteiger partial charge is 0.352 e. The van der Waals surface area contributed by atoms with Crippen molar-refractivity contribution in [1.82, 2.24) is 15.5 Å². The number of nitrogens with one attached hydrogen (secondary N) is 2. The molecule has 1 aromatic carbocycles. The lowest BCUT2D eigenvalue weighted by Gasteiger charge is -2.20. The maximum absolute atomic E-state index is 12.7. The summed E-state index contributed by atoms with van der Waals surface area (Å²) in [4.78, 5) is 5.27. The molecule has 1 aliphatic rings. The molecular weight excluding hydrogens is 489 g/mol. The summed E-state index contributed by atoms with van der Waals surface area (Å²) in [6.45, 7) is -0.296. The topological polar surface area (TPSA) is 39.7 Å². The highest BCUT2D eigenvalue weighted by Gasteiger charge is 2.34. The Bertz CT molecular complexity index is 632. The first-order valence-corrected chi connectivity index (χ1v) is 7.99. The maximum Gasteiger partial charge on any atom is 0.416 e. The summed E-state index contributed by atoms with van der Waals surface area (Å²) in [5.41, 5.74) is -0.314. The molecule has 0 aliphatic carbocycles. The van der Waals surface area contributed by atoms with Crippen LogP contribution in [0.5, 0.6) is 0 Å². The van der Waals surface area contributed by atoms with Crippen LogP contribution in [-0.4, -0.2) is 49.8 Å². The zero-order valence-corrected chi connectivity index (χ0v) is 16.8. The summed E-state index contributed by atoms with van der Waals surface area (Å²) < 4.78 is 75.4. The second-order valence-electron chi connectivity index (χ2n) is 6.10. The van der Waals surface area contributed by atoms with Gasteiger partial charge in [0.15, 0.2) is 5.96 Å². The second-order valence-corrected chi connectivity index (χ2v) is 6.10. The minimum atomic E-state index is -4.41. The Labute approximate surface area is 170 Å². The van der Waals surface area contributed by atoms with Crippen LogP contribution in [0.15, 0.2) is 29.3 Å². The van der Waals surface area contributed by atoms with E-state index in [1.807, 2.05) is 0 Å². The highest BCUT2D eigenvalue weighted by atomic mass is 127. The molecular formula is C16H21F6IN4. The van der Waals surface area contributed by atoms with Crippen molar-refractivity contribution in [1.29, 1.82) is 0 Å². The molecule has 0 saturated carbocycles. The first kappa shape index (κ1) is 23.8. The SMILES string of the molecule is CN=C(NCc1cccc(C(F)(F)F)c1)NC1CCN(CC(F)(F)F)C1.I. The third kappa shape index (κ3) is 8.11. The lowest BCUT2D eigenvalue weighted by atomic mass is 10.1. The molecule has 1 unspecified atom stereocenters. The van der Waals surface area contributed by atoms with Crippen LogP contribution in [0.4, 0.5) is 26.3 Å². The predicted molar refractivity (Wildman–Crippen MR) is 101 cm³/mol. The number of hydrogen-bond donors (Lipinski definition) is 2. The molecule has 4 nitrogen and oxygen atoms in total. The number of likely N-dealkylation sites (tertiary alicyclic amines) is 1. The fraction of sp³-hybridized carbons (Fsp3) is 0.562. The van der Waals surface area contributed by atoms with Gasteiger partial charge in [0.2, 0.25) is 0 Å². The van der Waals surface area contributed by atoms with Crippen LogP contribution in [0.3, 0.4) is 0 Å². The van der Waals surface area contributed by atoms with Gasteiger partial charge < -0.3 is 10.6 Å². The summed E-state index contributed by atoms with van der Waals surface area (Å²) in [6.07, 6.45) is -8.12. The minimum Gasteiger partial charge on any atom is -0.352 e. The van der Waals surface area contributed by atoms with Crippen molar-refractivity contribution in [2.75, 3.05) is 26.7 Å². The molecule has 1 aliphatic heterocycles. The zero-order valence-electron chi connectivity index (χ0n) is 14.5. The van der Waals surface area contributed by atoms with Gasteiger partial charge in [-0.25, -0.2) is 0 Å². The van der Waals surface area contributed by atoms with Crippen LogP contribution < -0.4 is 10.6 Å². The Kier molecular flexibility index (Phi) is 8.64. The van der Waals surface area contributed by atoms with Gasteiger partial charge in [-0.1, -0.05) is 12.1 Å². The van der Waals surface area contributed by atoms with E-state index in [4.69, 9.17) is 0 Å². The van der Waals surface area contributed by atoms with Crippen LogP contribution in [-0.2, 0) is 12.7 Å². The van der Waals surface area contributed by atoms with Gasteiger partial charge in [0.05, 0.1) is 12.1 Å². The van der Waals surface area contributed by atoms with Crippen molar-refractivity contribution in [3.8, 4) is 0 Å². The lowest BCUT2D eigenvalue weighted by Crippen LogP contribution is -2.44. The molecule has 1 fully saturated rings. The Balaban J connectivity index is 0.00000364.